The number of nitrogens with zero attached hydrogens (tertiary/aromatic N) is 1. The summed E-state index contributed by atoms with van der Waals surface area (Å²) in [5.74, 6) is 1.47. The maximum atomic E-state index is 6.46. The van der Waals surface area contributed by atoms with Crippen molar-refractivity contribution in [3.63, 3.8) is 0 Å². The van der Waals surface area contributed by atoms with Crippen LogP contribution in [0.15, 0.2) is 131 Å². The lowest BCUT2D eigenvalue weighted by Gasteiger charge is -2.29. The first-order valence-electron chi connectivity index (χ1n) is 18.3. The third-order valence-electron chi connectivity index (χ3n) is 10.5. The fourth-order valence-electron chi connectivity index (χ4n) is 7.79. The van der Waals surface area contributed by atoms with Crippen LogP contribution in [0, 0.1) is 47.5 Å². The standard InChI is InChI=1S/C48H50N2O/c1-30-9-13-39(34(5)23-30)28-44(43-19-10-31(2)24-35(43)6)49-41-16-14-38(15-17-41)48-29-40-27-42(18-22-47(40)51-48)50(45-20-11-32(3)25-36(45)7)46-21-12-33(4)26-37(46)8/h9-22,24-27,29-30,44,49H,23,28H2,1-8H3. The Balaban J connectivity index is 1.18. The zero-order valence-electron chi connectivity index (χ0n) is 31.4. The second kappa shape index (κ2) is 14.2. The van der Waals surface area contributed by atoms with E-state index in [0.29, 0.717) is 5.92 Å². The number of benzene rings is 5. The lowest BCUT2D eigenvalue weighted by Crippen LogP contribution is -2.14. The first kappa shape index (κ1) is 34.2. The van der Waals surface area contributed by atoms with Crippen LogP contribution in [-0.2, 0) is 0 Å². The monoisotopic (exact) mass is 670 g/mol. The molecule has 0 radical (unpaired) electrons. The van der Waals surface area contributed by atoms with Crippen molar-refractivity contribution in [2.75, 3.05) is 10.2 Å². The third kappa shape index (κ3) is 7.30. The lowest BCUT2D eigenvalue weighted by molar-refractivity contribution is 0.631. The number of allylic oxidation sites excluding steroid dienone is 3. The summed E-state index contributed by atoms with van der Waals surface area (Å²) in [6.45, 7) is 17.7. The highest BCUT2D eigenvalue weighted by Crippen LogP contribution is 2.41. The van der Waals surface area contributed by atoms with Crippen LogP contribution >= 0.6 is 0 Å². The van der Waals surface area contributed by atoms with Crippen LogP contribution in [0.25, 0.3) is 22.3 Å². The van der Waals surface area contributed by atoms with Gasteiger partial charge in [-0.05, 0) is 156 Å². The molecule has 1 aliphatic carbocycles. The van der Waals surface area contributed by atoms with E-state index >= 15 is 0 Å². The Morgan fingerprint density at radius 2 is 1.31 bits per heavy atom. The second-order valence-corrected chi connectivity index (χ2v) is 14.9. The van der Waals surface area contributed by atoms with Gasteiger partial charge in [0.1, 0.15) is 11.3 Å². The topological polar surface area (TPSA) is 28.4 Å². The van der Waals surface area contributed by atoms with Crippen LogP contribution in [0.2, 0.25) is 0 Å². The van der Waals surface area contributed by atoms with Crippen LogP contribution in [0.1, 0.15) is 71.7 Å². The fourth-order valence-corrected chi connectivity index (χ4v) is 7.79. The molecule has 5 aromatic carbocycles. The normalized spacial score (nSPS) is 15.0. The number of hydrogen-bond donors (Lipinski definition) is 1. The molecule has 1 aromatic heterocycles. The fraction of sp³-hybridized carbons (Fsp3) is 0.250. The Kier molecular flexibility index (Phi) is 9.48. The van der Waals surface area contributed by atoms with Gasteiger partial charge in [-0.25, -0.2) is 0 Å². The molecule has 3 heteroatoms. The first-order chi connectivity index (χ1) is 24.5. The maximum Gasteiger partial charge on any atom is 0.135 e. The molecule has 2 unspecified atom stereocenters. The molecule has 258 valence electrons. The van der Waals surface area contributed by atoms with E-state index < -0.39 is 0 Å². The number of hydrogen-bond acceptors (Lipinski definition) is 3. The molecule has 0 saturated carbocycles. The number of rotatable bonds is 9. The van der Waals surface area contributed by atoms with Gasteiger partial charge in [0, 0.05) is 33.7 Å². The minimum Gasteiger partial charge on any atom is -0.456 e. The number of aryl methyl sites for hydroxylation is 6. The summed E-state index contributed by atoms with van der Waals surface area (Å²) in [6.07, 6.45) is 6.79. The van der Waals surface area contributed by atoms with E-state index in [-0.39, 0.29) is 6.04 Å². The molecule has 7 rings (SSSR count). The average molecular weight is 671 g/mol. The molecule has 51 heavy (non-hydrogen) atoms. The molecule has 2 atom stereocenters. The second-order valence-electron chi connectivity index (χ2n) is 14.9. The number of nitrogens with one attached hydrogen (secondary N) is 1. The largest absolute Gasteiger partial charge is 0.456 e. The van der Waals surface area contributed by atoms with Crippen molar-refractivity contribution in [2.45, 2.75) is 74.3 Å². The summed E-state index contributed by atoms with van der Waals surface area (Å²) in [5, 5.41) is 4.98. The summed E-state index contributed by atoms with van der Waals surface area (Å²) in [7, 11) is 0. The molecular formula is C48H50N2O. The summed E-state index contributed by atoms with van der Waals surface area (Å²) < 4.78 is 6.46. The predicted octanol–water partition coefficient (Wildman–Crippen LogP) is 13.9. The van der Waals surface area contributed by atoms with Crippen molar-refractivity contribution >= 4 is 33.7 Å². The summed E-state index contributed by atoms with van der Waals surface area (Å²) >= 11 is 0. The van der Waals surface area contributed by atoms with E-state index in [1.165, 1.54) is 61.5 Å². The van der Waals surface area contributed by atoms with E-state index in [2.05, 4.69) is 181 Å². The molecule has 0 bridgehead atoms. The van der Waals surface area contributed by atoms with Crippen LogP contribution in [-0.4, -0.2) is 0 Å². The quantitative estimate of drug-likeness (QED) is 0.166. The maximum absolute atomic E-state index is 6.46. The van der Waals surface area contributed by atoms with Crippen LogP contribution in [0.4, 0.5) is 22.7 Å². The highest BCUT2D eigenvalue weighted by molar-refractivity contribution is 5.90. The molecule has 1 N–H and O–H groups in total. The molecule has 0 amide bonds. The molecule has 1 aliphatic rings. The zero-order valence-corrected chi connectivity index (χ0v) is 31.4. The Morgan fingerprint density at radius 1 is 0.686 bits per heavy atom. The van der Waals surface area contributed by atoms with Crippen LogP contribution in [0.3, 0.4) is 0 Å². The summed E-state index contributed by atoms with van der Waals surface area (Å²) in [4.78, 5) is 2.38. The number of furan rings is 1. The van der Waals surface area contributed by atoms with Gasteiger partial charge in [0.05, 0.1) is 6.04 Å². The Morgan fingerprint density at radius 3 is 1.92 bits per heavy atom. The molecule has 1 heterocycles. The zero-order chi connectivity index (χ0) is 35.8. The minimum absolute atomic E-state index is 0.168. The van der Waals surface area contributed by atoms with Gasteiger partial charge in [-0.1, -0.05) is 83.8 Å². The summed E-state index contributed by atoms with van der Waals surface area (Å²) in [5.41, 5.74) is 18.4. The number of anilines is 4. The van der Waals surface area contributed by atoms with Crippen molar-refractivity contribution in [3.8, 4) is 11.3 Å². The first-order valence-corrected chi connectivity index (χ1v) is 18.3. The van der Waals surface area contributed by atoms with Gasteiger partial charge in [-0.2, -0.15) is 0 Å². The van der Waals surface area contributed by atoms with Gasteiger partial charge in [0.2, 0.25) is 0 Å². The van der Waals surface area contributed by atoms with Gasteiger partial charge in [-0.3, -0.25) is 0 Å². The van der Waals surface area contributed by atoms with Crippen LogP contribution in [0.5, 0.6) is 0 Å². The molecular weight excluding hydrogens is 621 g/mol. The van der Waals surface area contributed by atoms with Gasteiger partial charge >= 0.3 is 0 Å². The van der Waals surface area contributed by atoms with E-state index in [1.807, 2.05) is 0 Å². The Hall–Kier alpha value is -5.28. The molecule has 0 aliphatic heterocycles. The van der Waals surface area contributed by atoms with Crippen molar-refractivity contribution in [1.29, 1.82) is 0 Å². The lowest BCUT2D eigenvalue weighted by atomic mass is 9.86. The van der Waals surface area contributed by atoms with Gasteiger partial charge < -0.3 is 14.6 Å². The van der Waals surface area contributed by atoms with E-state index in [4.69, 9.17) is 4.42 Å². The van der Waals surface area contributed by atoms with Crippen LogP contribution < -0.4 is 10.2 Å². The highest BCUT2D eigenvalue weighted by Gasteiger charge is 2.21. The Labute approximate surface area is 304 Å². The average Bonchev–Trinajstić information content (AvgIpc) is 3.52. The summed E-state index contributed by atoms with van der Waals surface area (Å²) in [6, 6.07) is 37.8. The molecule has 6 aromatic rings. The molecule has 0 saturated heterocycles. The number of fused-ring (bicyclic) bond motifs is 1. The third-order valence-corrected chi connectivity index (χ3v) is 10.5. The van der Waals surface area contributed by atoms with E-state index in [0.717, 1.165) is 46.5 Å². The highest BCUT2D eigenvalue weighted by atomic mass is 16.3. The SMILES string of the molecule is CC1=C(CC(Nc2ccc(-c3cc4cc(N(c5ccc(C)cc5C)c5ccc(C)cc5C)ccc4o3)cc2)c2ccc(C)cc2C)C=CC(C)C1. The smallest absolute Gasteiger partial charge is 0.135 e. The van der Waals surface area contributed by atoms with Gasteiger partial charge in [0.25, 0.3) is 0 Å². The van der Waals surface area contributed by atoms with Crippen molar-refractivity contribution < 1.29 is 4.42 Å². The Bertz CT molecular complexity index is 2230. The van der Waals surface area contributed by atoms with E-state index in [9.17, 15) is 0 Å². The predicted molar refractivity (Wildman–Crippen MR) is 218 cm³/mol. The van der Waals surface area contributed by atoms with Gasteiger partial charge in [-0.15, -0.1) is 0 Å². The molecule has 0 spiro atoms. The molecule has 3 nitrogen and oxygen atoms in total. The molecule has 0 fully saturated rings. The van der Waals surface area contributed by atoms with Crippen molar-refractivity contribution in [3.05, 3.63) is 165 Å². The minimum atomic E-state index is 0.168. The van der Waals surface area contributed by atoms with E-state index in [1.54, 1.807) is 0 Å². The van der Waals surface area contributed by atoms with Crippen molar-refractivity contribution in [2.24, 2.45) is 5.92 Å². The van der Waals surface area contributed by atoms with Gasteiger partial charge in [0.15, 0.2) is 0 Å². The van der Waals surface area contributed by atoms with Crippen molar-refractivity contribution in [1.82, 2.24) is 0 Å².